The van der Waals surface area contributed by atoms with Gasteiger partial charge in [-0.1, -0.05) is 30.3 Å². The highest BCUT2D eigenvalue weighted by molar-refractivity contribution is 6.39. The van der Waals surface area contributed by atoms with Crippen molar-refractivity contribution in [1.82, 2.24) is 15.2 Å². The third-order valence-corrected chi connectivity index (χ3v) is 6.13. The van der Waals surface area contributed by atoms with Crippen LogP contribution in [-0.4, -0.2) is 48.0 Å². The van der Waals surface area contributed by atoms with Crippen LogP contribution in [0.1, 0.15) is 22.7 Å². The normalized spacial score (nSPS) is 15.6. The van der Waals surface area contributed by atoms with Crippen LogP contribution in [0.4, 0.5) is 5.69 Å². The summed E-state index contributed by atoms with van der Waals surface area (Å²) in [6.07, 6.45) is 4.48. The van der Waals surface area contributed by atoms with Crippen molar-refractivity contribution in [3.8, 4) is 11.5 Å². The number of aromatic nitrogens is 1. The maximum absolute atomic E-state index is 12.6. The lowest BCUT2D eigenvalue weighted by Crippen LogP contribution is -2.43. The summed E-state index contributed by atoms with van der Waals surface area (Å²) in [5, 5.41) is 5.44. The Hall–Kier alpha value is -3.91. The van der Waals surface area contributed by atoms with Crippen LogP contribution < -0.4 is 20.1 Å². The van der Waals surface area contributed by atoms with Gasteiger partial charge in [-0.25, -0.2) is 0 Å². The summed E-state index contributed by atoms with van der Waals surface area (Å²) < 4.78 is 11.0. The third kappa shape index (κ3) is 4.87. The molecule has 174 valence electrons. The summed E-state index contributed by atoms with van der Waals surface area (Å²) in [4.78, 5) is 31.8. The molecular weight excluding hydrogens is 432 g/mol. The van der Waals surface area contributed by atoms with Gasteiger partial charge in [0.15, 0.2) is 11.5 Å². The van der Waals surface area contributed by atoms with Crippen LogP contribution in [0.15, 0.2) is 67.0 Å². The summed E-state index contributed by atoms with van der Waals surface area (Å²) in [6.45, 7) is 2.86. The zero-order chi connectivity index (χ0) is 23.3. The lowest BCUT2D eigenvalue weighted by atomic mass is 9.97. The van der Waals surface area contributed by atoms with E-state index in [9.17, 15) is 9.59 Å². The van der Waals surface area contributed by atoms with E-state index in [-0.39, 0.29) is 6.04 Å². The number of rotatable bonds is 5. The van der Waals surface area contributed by atoms with E-state index in [1.807, 2.05) is 24.4 Å². The number of nitrogens with one attached hydrogen (secondary N) is 2. The fraction of sp³-hybridized carbons (Fsp3) is 0.269. The van der Waals surface area contributed by atoms with Gasteiger partial charge in [0.1, 0.15) is 13.2 Å². The standard InChI is InChI=1S/C26H26N4O4/c31-25(26(32)29-21-7-8-23-24(14-21)34-13-12-33-23)28-16-22(19-6-3-10-27-15-19)30-11-9-18-4-1-2-5-20(18)17-30/h1-8,10,14-15,22H,9,11-13,16-17H2,(H,28,31)(H,29,32)/t22-/m0/s1. The van der Waals surface area contributed by atoms with Crippen molar-refractivity contribution < 1.29 is 19.1 Å². The second-order valence-corrected chi connectivity index (χ2v) is 8.31. The molecule has 1 aromatic heterocycles. The SMILES string of the molecule is O=C(NC[C@@H](c1cccnc1)N1CCc2ccccc2C1)C(=O)Nc1ccc2c(c1)OCCO2. The maximum Gasteiger partial charge on any atom is 0.313 e. The van der Waals surface area contributed by atoms with Crippen molar-refractivity contribution in [3.63, 3.8) is 0 Å². The zero-order valence-electron chi connectivity index (χ0n) is 18.7. The minimum absolute atomic E-state index is 0.104. The number of carbonyl (C=O) groups excluding carboxylic acids is 2. The molecule has 0 unspecified atom stereocenters. The highest BCUT2D eigenvalue weighted by Crippen LogP contribution is 2.32. The molecule has 0 spiro atoms. The molecule has 5 rings (SSSR count). The van der Waals surface area contributed by atoms with Gasteiger partial charge in [-0.05, 0) is 41.3 Å². The Kier molecular flexibility index (Phi) is 6.40. The van der Waals surface area contributed by atoms with Crippen LogP contribution in [0, 0.1) is 0 Å². The van der Waals surface area contributed by atoms with Crippen molar-refractivity contribution in [2.24, 2.45) is 0 Å². The maximum atomic E-state index is 12.6. The quantitative estimate of drug-likeness (QED) is 0.571. The van der Waals surface area contributed by atoms with Gasteiger partial charge in [0.05, 0.1) is 6.04 Å². The first kappa shape index (κ1) is 21.9. The van der Waals surface area contributed by atoms with E-state index in [4.69, 9.17) is 9.47 Å². The second-order valence-electron chi connectivity index (χ2n) is 8.31. The van der Waals surface area contributed by atoms with E-state index in [1.165, 1.54) is 11.1 Å². The first-order chi connectivity index (χ1) is 16.7. The molecule has 0 saturated heterocycles. The predicted molar refractivity (Wildman–Crippen MR) is 127 cm³/mol. The minimum atomic E-state index is -0.731. The summed E-state index contributed by atoms with van der Waals surface area (Å²) in [6, 6.07) is 17.2. The first-order valence-corrected chi connectivity index (χ1v) is 11.4. The minimum Gasteiger partial charge on any atom is -0.486 e. The van der Waals surface area contributed by atoms with E-state index in [0.717, 1.165) is 25.1 Å². The molecule has 8 heteroatoms. The molecule has 2 N–H and O–H groups in total. The predicted octanol–water partition coefficient (Wildman–Crippen LogP) is 2.71. The molecule has 3 heterocycles. The molecule has 0 saturated carbocycles. The number of ether oxygens (including phenoxy) is 2. The van der Waals surface area contributed by atoms with Gasteiger partial charge < -0.3 is 20.1 Å². The zero-order valence-corrected chi connectivity index (χ0v) is 18.7. The van der Waals surface area contributed by atoms with E-state index >= 15 is 0 Å². The van der Waals surface area contributed by atoms with Gasteiger partial charge in [-0.2, -0.15) is 0 Å². The van der Waals surface area contributed by atoms with Gasteiger partial charge >= 0.3 is 11.8 Å². The van der Waals surface area contributed by atoms with E-state index in [1.54, 1.807) is 24.4 Å². The summed E-state index contributed by atoms with van der Waals surface area (Å²) >= 11 is 0. The van der Waals surface area contributed by atoms with Crippen molar-refractivity contribution in [1.29, 1.82) is 0 Å². The molecule has 0 radical (unpaired) electrons. The number of amides is 2. The lowest BCUT2D eigenvalue weighted by Gasteiger charge is -2.35. The smallest absolute Gasteiger partial charge is 0.313 e. The van der Waals surface area contributed by atoms with Crippen molar-refractivity contribution in [3.05, 3.63) is 83.7 Å². The number of carbonyl (C=O) groups is 2. The number of hydrogen-bond donors (Lipinski definition) is 2. The van der Waals surface area contributed by atoms with E-state index in [0.29, 0.717) is 36.9 Å². The fourth-order valence-corrected chi connectivity index (χ4v) is 4.39. The molecule has 0 fully saturated rings. The molecule has 2 aliphatic rings. The molecular formula is C26H26N4O4. The Balaban J connectivity index is 1.25. The monoisotopic (exact) mass is 458 g/mol. The molecule has 2 amide bonds. The summed E-state index contributed by atoms with van der Waals surface area (Å²) in [5.41, 5.74) is 4.10. The summed E-state index contributed by atoms with van der Waals surface area (Å²) in [5.74, 6) is -0.255. The van der Waals surface area contributed by atoms with Crippen LogP contribution >= 0.6 is 0 Å². The lowest BCUT2D eigenvalue weighted by molar-refractivity contribution is -0.136. The average Bonchev–Trinajstić information content (AvgIpc) is 2.89. The molecule has 2 aliphatic heterocycles. The van der Waals surface area contributed by atoms with Crippen LogP contribution in [-0.2, 0) is 22.6 Å². The van der Waals surface area contributed by atoms with Crippen LogP contribution in [0.3, 0.4) is 0 Å². The topological polar surface area (TPSA) is 92.8 Å². The number of benzene rings is 2. The number of hydrogen-bond acceptors (Lipinski definition) is 6. The average molecular weight is 459 g/mol. The Morgan fingerprint density at radius 2 is 1.79 bits per heavy atom. The third-order valence-electron chi connectivity index (χ3n) is 6.13. The Bertz CT molecular complexity index is 1180. The molecule has 0 aliphatic carbocycles. The van der Waals surface area contributed by atoms with Gasteiger partial charge in [0.25, 0.3) is 0 Å². The molecule has 3 aromatic rings. The van der Waals surface area contributed by atoms with E-state index < -0.39 is 11.8 Å². The molecule has 1 atom stereocenters. The van der Waals surface area contributed by atoms with E-state index in [2.05, 4.69) is 38.7 Å². The van der Waals surface area contributed by atoms with Crippen molar-refractivity contribution >= 4 is 17.5 Å². The van der Waals surface area contributed by atoms with Crippen molar-refractivity contribution in [2.75, 3.05) is 31.6 Å². The van der Waals surface area contributed by atoms with Crippen LogP contribution in [0.5, 0.6) is 11.5 Å². The molecule has 34 heavy (non-hydrogen) atoms. The fourth-order valence-electron chi connectivity index (χ4n) is 4.39. The Morgan fingerprint density at radius 3 is 2.62 bits per heavy atom. The Morgan fingerprint density at radius 1 is 0.971 bits per heavy atom. The number of nitrogens with zero attached hydrogens (tertiary/aromatic N) is 2. The van der Waals surface area contributed by atoms with Gasteiger partial charge in [0, 0.05) is 43.8 Å². The molecule has 2 aromatic carbocycles. The summed E-state index contributed by atoms with van der Waals surface area (Å²) in [7, 11) is 0. The van der Waals surface area contributed by atoms with Gasteiger partial charge in [-0.3, -0.25) is 19.5 Å². The van der Waals surface area contributed by atoms with Gasteiger partial charge in [-0.15, -0.1) is 0 Å². The highest BCUT2D eigenvalue weighted by Gasteiger charge is 2.26. The second kappa shape index (κ2) is 9.93. The first-order valence-electron chi connectivity index (χ1n) is 11.4. The highest BCUT2D eigenvalue weighted by atomic mass is 16.6. The van der Waals surface area contributed by atoms with Crippen molar-refractivity contribution in [2.45, 2.75) is 19.0 Å². The van der Waals surface area contributed by atoms with Crippen LogP contribution in [0.25, 0.3) is 0 Å². The number of pyridine rings is 1. The number of anilines is 1. The molecule has 8 nitrogen and oxygen atoms in total. The van der Waals surface area contributed by atoms with Gasteiger partial charge in [0.2, 0.25) is 0 Å². The molecule has 0 bridgehead atoms. The Labute approximate surface area is 197 Å². The van der Waals surface area contributed by atoms with Crippen LogP contribution in [0.2, 0.25) is 0 Å². The largest absolute Gasteiger partial charge is 0.486 e. The number of fused-ring (bicyclic) bond motifs is 2.